The van der Waals surface area contributed by atoms with E-state index in [1.807, 2.05) is 41.8 Å². The third-order valence-electron chi connectivity index (χ3n) is 3.31. The first-order valence-electron chi connectivity index (χ1n) is 7.27. The van der Waals surface area contributed by atoms with Gasteiger partial charge < -0.3 is 10.6 Å². The van der Waals surface area contributed by atoms with Gasteiger partial charge in [-0.2, -0.15) is 0 Å². The molecule has 0 atom stereocenters. The molecule has 0 bridgehead atoms. The summed E-state index contributed by atoms with van der Waals surface area (Å²) in [7, 11) is 0. The van der Waals surface area contributed by atoms with Gasteiger partial charge >= 0.3 is 0 Å². The monoisotopic (exact) mass is 316 g/mol. The van der Waals surface area contributed by atoms with Crippen LogP contribution in [0, 0.1) is 0 Å². The van der Waals surface area contributed by atoms with Gasteiger partial charge in [0, 0.05) is 17.8 Å². The van der Waals surface area contributed by atoms with Crippen molar-refractivity contribution in [3.8, 4) is 0 Å². The highest BCUT2D eigenvalue weighted by Crippen LogP contribution is 2.13. The zero-order chi connectivity index (χ0) is 15.8. The van der Waals surface area contributed by atoms with Crippen LogP contribution < -0.4 is 5.73 Å². The first kappa shape index (κ1) is 16.2. The fourth-order valence-electron chi connectivity index (χ4n) is 2.25. The highest BCUT2D eigenvalue weighted by molar-refractivity contribution is 7.09. The molecule has 2 rings (SSSR count). The molecule has 0 saturated heterocycles. The summed E-state index contributed by atoms with van der Waals surface area (Å²) in [6, 6.07) is 13.7. The van der Waals surface area contributed by atoms with Crippen LogP contribution in [0.3, 0.4) is 0 Å². The predicted molar refractivity (Wildman–Crippen MR) is 88.3 cm³/mol. The molecule has 5 heteroatoms. The molecule has 0 radical (unpaired) electrons. The van der Waals surface area contributed by atoms with E-state index in [1.54, 1.807) is 11.3 Å². The van der Waals surface area contributed by atoms with Gasteiger partial charge in [-0.3, -0.25) is 9.59 Å². The number of aryl methyl sites for hydroxylation is 1. The Morgan fingerprint density at radius 1 is 1.09 bits per heavy atom. The Morgan fingerprint density at radius 2 is 1.86 bits per heavy atom. The summed E-state index contributed by atoms with van der Waals surface area (Å²) in [5.74, 6) is -0.512. The number of rotatable bonds is 8. The van der Waals surface area contributed by atoms with Gasteiger partial charge in [-0.1, -0.05) is 36.4 Å². The number of carbonyl (C=O) groups excluding carboxylic acids is 2. The quantitative estimate of drug-likeness (QED) is 0.813. The number of thiophene rings is 1. The average Bonchev–Trinajstić information content (AvgIpc) is 3.00. The molecule has 4 nitrogen and oxygen atoms in total. The van der Waals surface area contributed by atoms with Crippen molar-refractivity contribution in [2.45, 2.75) is 25.8 Å². The minimum absolute atomic E-state index is 0.0285. The van der Waals surface area contributed by atoms with Gasteiger partial charge in [-0.05, 0) is 29.9 Å². The minimum Gasteiger partial charge on any atom is -0.368 e. The van der Waals surface area contributed by atoms with Crippen LogP contribution >= 0.6 is 11.3 Å². The molecule has 0 saturated carbocycles. The van der Waals surface area contributed by atoms with Gasteiger partial charge in [0.2, 0.25) is 11.8 Å². The Kier molecular flexibility index (Phi) is 6.15. The first-order valence-corrected chi connectivity index (χ1v) is 8.15. The molecular formula is C17H20N2O2S. The fourth-order valence-corrected chi connectivity index (χ4v) is 3.00. The summed E-state index contributed by atoms with van der Waals surface area (Å²) in [6.07, 6.45) is 2.10. The Balaban J connectivity index is 1.89. The van der Waals surface area contributed by atoms with Crippen LogP contribution in [0.2, 0.25) is 0 Å². The van der Waals surface area contributed by atoms with E-state index < -0.39 is 5.91 Å². The molecule has 1 aromatic carbocycles. The average molecular weight is 316 g/mol. The zero-order valence-electron chi connectivity index (χ0n) is 12.4. The lowest BCUT2D eigenvalue weighted by Gasteiger charge is -2.21. The van der Waals surface area contributed by atoms with E-state index in [0.717, 1.165) is 18.4 Å². The number of amides is 2. The Hall–Kier alpha value is -2.14. The molecule has 116 valence electrons. The summed E-state index contributed by atoms with van der Waals surface area (Å²) in [5.41, 5.74) is 6.26. The fraction of sp³-hybridized carbons (Fsp3) is 0.294. The molecule has 0 unspecified atom stereocenters. The standard InChI is InChI=1S/C17H20N2O2S/c18-16(20)13-19(12-14-6-2-1-3-7-14)17(21)10-4-8-15-9-5-11-22-15/h1-3,5-7,9,11H,4,8,10,12-13H2,(H2,18,20). The van der Waals surface area contributed by atoms with Crippen molar-refractivity contribution in [2.24, 2.45) is 5.73 Å². The van der Waals surface area contributed by atoms with Crippen molar-refractivity contribution in [1.29, 1.82) is 0 Å². The predicted octanol–water partition coefficient (Wildman–Crippen LogP) is 2.58. The van der Waals surface area contributed by atoms with Crippen LogP contribution in [0.4, 0.5) is 0 Å². The smallest absolute Gasteiger partial charge is 0.237 e. The molecule has 1 aromatic heterocycles. The van der Waals surface area contributed by atoms with Gasteiger partial charge in [0.05, 0.1) is 6.54 Å². The van der Waals surface area contributed by atoms with E-state index in [9.17, 15) is 9.59 Å². The summed E-state index contributed by atoms with van der Waals surface area (Å²) >= 11 is 1.70. The lowest BCUT2D eigenvalue weighted by Crippen LogP contribution is -2.37. The molecule has 0 aliphatic rings. The Labute approximate surface area is 134 Å². The summed E-state index contributed by atoms with van der Waals surface area (Å²) in [4.78, 5) is 26.3. The number of nitrogens with two attached hydrogens (primary N) is 1. The van der Waals surface area contributed by atoms with Crippen LogP contribution in [0.25, 0.3) is 0 Å². The second-order valence-corrected chi connectivity index (χ2v) is 6.17. The maximum absolute atomic E-state index is 12.3. The third kappa shape index (κ3) is 5.33. The molecule has 0 spiro atoms. The number of nitrogens with zero attached hydrogens (tertiary/aromatic N) is 1. The molecule has 2 N–H and O–H groups in total. The molecule has 0 fully saturated rings. The van der Waals surface area contributed by atoms with Crippen molar-refractivity contribution in [3.05, 3.63) is 58.3 Å². The normalized spacial score (nSPS) is 10.4. The molecule has 2 amide bonds. The highest BCUT2D eigenvalue weighted by atomic mass is 32.1. The molecule has 0 aliphatic heterocycles. The van der Waals surface area contributed by atoms with Crippen molar-refractivity contribution in [1.82, 2.24) is 4.90 Å². The Morgan fingerprint density at radius 3 is 2.50 bits per heavy atom. The van der Waals surface area contributed by atoms with Crippen LogP contribution in [0.15, 0.2) is 47.8 Å². The van der Waals surface area contributed by atoms with Crippen LogP contribution in [0.5, 0.6) is 0 Å². The van der Waals surface area contributed by atoms with Gasteiger partial charge in [0.25, 0.3) is 0 Å². The SMILES string of the molecule is NC(=O)CN(Cc1ccccc1)C(=O)CCCc1cccs1. The first-order chi connectivity index (χ1) is 10.6. The van der Waals surface area contributed by atoms with Crippen molar-refractivity contribution >= 4 is 23.2 Å². The van der Waals surface area contributed by atoms with E-state index in [2.05, 4.69) is 6.07 Å². The van der Waals surface area contributed by atoms with Crippen molar-refractivity contribution < 1.29 is 9.59 Å². The van der Waals surface area contributed by atoms with Gasteiger partial charge in [-0.15, -0.1) is 11.3 Å². The highest BCUT2D eigenvalue weighted by Gasteiger charge is 2.16. The second-order valence-electron chi connectivity index (χ2n) is 5.13. The number of primary amides is 1. The van der Waals surface area contributed by atoms with Crippen LogP contribution in [-0.2, 0) is 22.6 Å². The molecule has 1 heterocycles. The lowest BCUT2D eigenvalue weighted by atomic mass is 10.1. The number of hydrogen-bond donors (Lipinski definition) is 1. The number of carbonyl (C=O) groups is 2. The maximum atomic E-state index is 12.3. The summed E-state index contributed by atoms with van der Waals surface area (Å²) in [5, 5.41) is 2.03. The van der Waals surface area contributed by atoms with Crippen LogP contribution in [-0.4, -0.2) is 23.3 Å². The lowest BCUT2D eigenvalue weighted by molar-refractivity contribution is -0.135. The van der Waals surface area contributed by atoms with E-state index in [4.69, 9.17) is 5.73 Å². The maximum Gasteiger partial charge on any atom is 0.237 e. The van der Waals surface area contributed by atoms with Crippen molar-refractivity contribution in [2.75, 3.05) is 6.54 Å². The topological polar surface area (TPSA) is 63.4 Å². The number of benzene rings is 1. The van der Waals surface area contributed by atoms with Crippen molar-refractivity contribution in [3.63, 3.8) is 0 Å². The van der Waals surface area contributed by atoms with E-state index in [-0.39, 0.29) is 12.5 Å². The van der Waals surface area contributed by atoms with Gasteiger partial charge in [-0.25, -0.2) is 0 Å². The van der Waals surface area contributed by atoms with Gasteiger partial charge in [0.1, 0.15) is 0 Å². The molecule has 2 aromatic rings. The minimum atomic E-state index is -0.484. The van der Waals surface area contributed by atoms with E-state index in [0.29, 0.717) is 13.0 Å². The van der Waals surface area contributed by atoms with Gasteiger partial charge in [0.15, 0.2) is 0 Å². The molecule has 0 aliphatic carbocycles. The van der Waals surface area contributed by atoms with Crippen LogP contribution in [0.1, 0.15) is 23.3 Å². The molecule has 22 heavy (non-hydrogen) atoms. The summed E-state index contributed by atoms with van der Waals surface area (Å²) in [6.45, 7) is 0.383. The van der Waals surface area contributed by atoms with E-state index in [1.165, 1.54) is 9.78 Å². The zero-order valence-corrected chi connectivity index (χ0v) is 13.2. The molecular weight excluding hydrogens is 296 g/mol. The largest absolute Gasteiger partial charge is 0.368 e. The second kappa shape index (κ2) is 8.34. The van der Waals surface area contributed by atoms with E-state index >= 15 is 0 Å². The summed E-state index contributed by atoms with van der Waals surface area (Å²) < 4.78 is 0. The third-order valence-corrected chi connectivity index (χ3v) is 4.25. The Bertz CT molecular complexity index is 596. The number of hydrogen-bond acceptors (Lipinski definition) is 3.